The van der Waals surface area contributed by atoms with Crippen molar-refractivity contribution in [1.82, 2.24) is 15.1 Å². The molecule has 1 N–H and O–H groups in total. The van der Waals surface area contributed by atoms with Crippen molar-refractivity contribution < 1.29 is 4.74 Å². The summed E-state index contributed by atoms with van der Waals surface area (Å²) in [6, 6.07) is 0.361. The minimum absolute atomic E-state index is 0.361. The van der Waals surface area contributed by atoms with E-state index in [0.29, 0.717) is 12.0 Å². The van der Waals surface area contributed by atoms with Crippen molar-refractivity contribution in [3.8, 4) is 5.75 Å². The van der Waals surface area contributed by atoms with E-state index in [4.69, 9.17) is 4.74 Å². The normalized spacial score (nSPS) is 24.6. The van der Waals surface area contributed by atoms with Crippen LogP contribution < -0.4 is 10.1 Å². The zero-order chi connectivity index (χ0) is 14.5. The second-order valence-corrected chi connectivity index (χ2v) is 5.98. The van der Waals surface area contributed by atoms with Gasteiger partial charge in [0.15, 0.2) is 5.75 Å². The van der Waals surface area contributed by atoms with Crippen LogP contribution in [0.4, 0.5) is 0 Å². The van der Waals surface area contributed by atoms with Crippen molar-refractivity contribution in [3.05, 3.63) is 11.9 Å². The van der Waals surface area contributed by atoms with Gasteiger partial charge in [-0.3, -0.25) is 4.68 Å². The van der Waals surface area contributed by atoms with Gasteiger partial charge in [0.2, 0.25) is 0 Å². The van der Waals surface area contributed by atoms with Gasteiger partial charge in [-0.2, -0.15) is 5.10 Å². The Labute approximate surface area is 122 Å². The molecule has 1 aliphatic carbocycles. The first-order valence-corrected chi connectivity index (χ1v) is 8.04. The Balaban J connectivity index is 2.29. The third kappa shape index (κ3) is 3.17. The predicted octanol–water partition coefficient (Wildman–Crippen LogP) is 3.39. The molecule has 2 rings (SSSR count). The number of aromatic nitrogens is 2. The number of ether oxygens (including phenoxy) is 1. The number of aryl methyl sites for hydroxylation is 1. The summed E-state index contributed by atoms with van der Waals surface area (Å²) in [7, 11) is 1.74. The molecule has 114 valence electrons. The summed E-state index contributed by atoms with van der Waals surface area (Å²) in [4.78, 5) is 0. The first kappa shape index (κ1) is 15.4. The van der Waals surface area contributed by atoms with Crippen LogP contribution >= 0.6 is 0 Å². The summed E-state index contributed by atoms with van der Waals surface area (Å²) in [5, 5.41) is 8.16. The van der Waals surface area contributed by atoms with Gasteiger partial charge in [0, 0.05) is 6.54 Å². The molecule has 3 atom stereocenters. The minimum Gasteiger partial charge on any atom is -0.493 e. The van der Waals surface area contributed by atoms with Crippen LogP contribution in [0, 0.1) is 11.8 Å². The van der Waals surface area contributed by atoms with Crippen LogP contribution in [-0.4, -0.2) is 23.4 Å². The summed E-state index contributed by atoms with van der Waals surface area (Å²) in [6.07, 6.45) is 7.18. The molecule has 4 heteroatoms. The monoisotopic (exact) mass is 279 g/mol. The molecule has 1 fully saturated rings. The van der Waals surface area contributed by atoms with Crippen LogP contribution in [0.3, 0.4) is 0 Å². The Bertz CT molecular complexity index is 394. The SMILES string of the molecule is CCNC(c1c(OC)cnn1CC)C1CCCC(C)C1. The molecule has 1 aromatic rings. The van der Waals surface area contributed by atoms with E-state index in [1.807, 2.05) is 6.20 Å². The van der Waals surface area contributed by atoms with E-state index in [9.17, 15) is 0 Å². The van der Waals surface area contributed by atoms with Gasteiger partial charge < -0.3 is 10.1 Å². The summed E-state index contributed by atoms with van der Waals surface area (Å²) in [5.41, 5.74) is 1.23. The molecule has 0 saturated heterocycles. The van der Waals surface area contributed by atoms with Crippen molar-refractivity contribution in [2.75, 3.05) is 13.7 Å². The molecule has 1 saturated carbocycles. The lowest BCUT2D eigenvalue weighted by atomic mass is 9.77. The van der Waals surface area contributed by atoms with Gasteiger partial charge in [-0.05, 0) is 38.1 Å². The van der Waals surface area contributed by atoms with Crippen molar-refractivity contribution in [2.24, 2.45) is 11.8 Å². The first-order valence-electron chi connectivity index (χ1n) is 8.04. The maximum absolute atomic E-state index is 5.55. The first-order chi connectivity index (χ1) is 9.71. The van der Waals surface area contributed by atoms with Gasteiger partial charge in [0.1, 0.15) is 0 Å². The molecule has 0 spiro atoms. The van der Waals surface area contributed by atoms with E-state index in [1.165, 1.54) is 31.4 Å². The van der Waals surface area contributed by atoms with E-state index in [-0.39, 0.29) is 0 Å². The fourth-order valence-corrected chi connectivity index (χ4v) is 3.59. The molecule has 0 radical (unpaired) electrons. The van der Waals surface area contributed by atoms with Crippen LogP contribution in [0.25, 0.3) is 0 Å². The molecular weight excluding hydrogens is 250 g/mol. The molecular formula is C16H29N3O. The second-order valence-electron chi connectivity index (χ2n) is 5.98. The summed E-state index contributed by atoms with van der Waals surface area (Å²) in [6.45, 7) is 8.57. The van der Waals surface area contributed by atoms with Gasteiger partial charge in [-0.25, -0.2) is 0 Å². The van der Waals surface area contributed by atoms with E-state index < -0.39 is 0 Å². The van der Waals surface area contributed by atoms with E-state index >= 15 is 0 Å². The van der Waals surface area contributed by atoms with Crippen LogP contribution in [-0.2, 0) is 6.54 Å². The summed E-state index contributed by atoms with van der Waals surface area (Å²) < 4.78 is 7.64. The minimum atomic E-state index is 0.361. The lowest BCUT2D eigenvalue weighted by molar-refractivity contribution is 0.215. The third-order valence-electron chi connectivity index (χ3n) is 4.53. The smallest absolute Gasteiger partial charge is 0.161 e. The number of hydrogen-bond acceptors (Lipinski definition) is 3. The Kier molecular flexibility index (Phi) is 5.46. The predicted molar refractivity (Wildman–Crippen MR) is 82.0 cm³/mol. The maximum Gasteiger partial charge on any atom is 0.161 e. The Morgan fingerprint density at radius 2 is 2.25 bits per heavy atom. The zero-order valence-electron chi connectivity index (χ0n) is 13.4. The third-order valence-corrected chi connectivity index (χ3v) is 4.53. The number of hydrogen-bond donors (Lipinski definition) is 1. The Morgan fingerprint density at radius 1 is 1.45 bits per heavy atom. The highest BCUT2D eigenvalue weighted by Gasteiger charge is 2.31. The highest BCUT2D eigenvalue weighted by Crippen LogP contribution is 2.39. The summed E-state index contributed by atoms with van der Waals surface area (Å²) in [5.74, 6) is 2.45. The van der Waals surface area contributed by atoms with Gasteiger partial charge in [-0.15, -0.1) is 0 Å². The topological polar surface area (TPSA) is 39.1 Å². The molecule has 1 heterocycles. The van der Waals surface area contributed by atoms with E-state index in [0.717, 1.165) is 24.8 Å². The maximum atomic E-state index is 5.55. The molecule has 0 aliphatic heterocycles. The lowest BCUT2D eigenvalue weighted by Crippen LogP contribution is -2.33. The highest BCUT2D eigenvalue weighted by atomic mass is 16.5. The fraction of sp³-hybridized carbons (Fsp3) is 0.812. The molecule has 0 amide bonds. The average Bonchev–Trinajstić information content (AvgIpc) is 2.87. The van der Waals surface area contributed by atoms with Gasteiger partial charge in [0.25, 0.3) is 0 Å². The van der Waals surface area contributed by atoms with Gasteiger partial charge >= 0.3 is 0 Å². The van der Waals surface area contributed by atoms with Crippen LogP contribution in [0.2, 0.25) is 0 Å². The molecule has 0 aromatic carbocycles. The van der Waals surface area contributed by atoms with Gasteiger partial charge in [-0.1, -0.05) is 26.7 Å². The van der Waals surface area contributed by atoms with E-state index in [2.05, 4.69) is 35.9 Å². The summed E-state index contributed by atoms with van der Waals surface area (Å²) >= 11 is 0. The van der Waals surface area contributed by atoms with Crippen molar-refractivity contribution in [3.63, 3.8) is 0 Å². The molecule has 20 heavy (non-hydrogen) atoms. The van der Waals surface area contributed by atoms with Crippen molar-refractivity contribution in [2.45, 2.75) is 59.0 Å². The number of methoxy groups -OCH3 is 1. The lowest BCUT2D eigenvalue weighted by Gasteiger charge is -2.34. The zero-order valence-corrected chi connectivity index (χ0v) is 13.4. The standard InChI is InChI=1S/C16H29N3O/c1-5-17-15(13-9-7-8-12(3)10-13)16-14(20-4)11-18-19(16)6-2/h11-13,15,17H,5-10H2,1-4H3. The van der Waals surface area contributed by atoms with Crippen molar-refractivity contribution in [1.29, 1.82) is 0 Å². The fourth-order valence-electron chi connectivity index (χ4n) is 3.59. The van der Waals surface area contributed by atoms with Crippen LogP contribution in [0.15, 0.2) is 6.20 Å². The highest BCUT2D eigenvalue weighted by molar-refractivity contribution is 5.29. The molecule has 1 aliphatic rings. The second kappa shape index (κ2) is 7.11. The average molecular weight is 279 g/mol. The van der Waals surface area contributed by atoms with Crippen LogP contribution in [0.5, 0.6) is 5.75 Å². The Hall–Kier alpha value is -1.03. The largest absolute Gasteiger partial charge is 0.493 e. The number of nitrogens with zero attached hydrogens (tertiary/aromatic N) is 2. The van der Waals surface area contributed by atoms with Crippen LogP contribution in [0.1, 0.15) is 58.2 Å². The van der Waals surface area contributed by atoms with Crippen molar-refractivity contribution >= 4 is 0 Å². The molecule has 3 unspecified atom stereocenters. The number of nitrogens with one attached hydrogen (secondary N) is 1. The molecule has 4 nitrogen and oxygen atoms in total. The molecule has 1 aromatic heterocycles. The molecule has 0 bridgehead atoms. The Morgan fingerprint density at radius 3 is 2.85 bits per heavy atom. The number of rotatable bonds is 6. The van der Waals surface area contributed by atoms with Gasteiger partial charge in [0.05, 0.1) is 25.0 Å². The van der Waals surface area contributed by atoms with E-state index in [1.54, 1.807) is 7.11 Å². The quantitative estimate of drug-likeness (QED) is 0.867.